The van der Waals surface area contributed by atoms with E-state index in [4.69, 9.17) is 4.74 Å². The number of nitrogens with zero attached hydrogens (tertiary/aromatic N) is 1. The van der Waals surface area contributed by atoms with Gasteiger partial charge in [-0.3, -0.25) is 10.1 Å². The lowest BCUT2D eigenvalue weighted by molar-refractivity contribution is -0.471. The van der Waals surface area contributed by atoms with Gasteiger partial charge in [0.15, 0.2) is 0 Å². The Morgan fingerprint density at radius 3 is 2.72 bits per heavy atom. The van der Waals surface area contributed by atoms with Crippen LogP contribution in [-0.2, 0) is 0 Å². The van der Waals surface area contributed by atoms with Crippen LogP contribution in [0.2, 0.25) is 0 Å². The van der Waals surface area contributed by atoms with Crippen molar-refractivity contribution < 1.29 is 9.66 Å². The van der Waals surface area contributed by atoms with Crippen LogP contribution in [0, 0.1) is 16.0 Å². The number of ether oxygens (including phenoxy) is 1. The molecule has 4 heteroatoms. The minimum Gasteiger partial charge on any atom is -0.493 e. The predicted octanol–water partition coefficient (Wildman–Crippen LogP) is 3.07. The third-order valence-electron chi connectivity index (χ3n) is 3.17. The molecule has 96 valence electrons. The zero-order valence-corrected chi connectivity index (χ0v) is 10.2. The molecule has 0 saturated heterocycles. The molecule has 0 fully saturated rings. The average Bonchev–Trinajstić information content (AvgIpc) is 2.38. The van der Waals surface area contributed by atoms with Crippen molar-refractivity contribution >= 4 is 0 Å². The molecule has 1 aliphatic carbocycles. The van der Waals surface area contributed by atoms with Crippen molar-refractivity contribution in [1.82, 2.24) is 0 Å². The first-order valence-electron chi connectivity index (χ1n) is 6.21. The summed E-state index contributed by atoms with van der Waals surface area (Å²) in [6, 6.07) is 9.74. The first-order chi connectivity index (χ1) is 8.74. The Hall–Kier alpha value is -1.84. The maximum atomic E-state index is 10.4. The van der Waals surface area contributed by atoms with Crippen LogP contribution in [0.3, 0.4) is 0 Å². The lowest BCUT2D eigenvalue weighted by Crippen LogP contribution is -2.17. The van der Waals surface area contributed by atoms with Crippen LogP contribution in [0.25, 0.3) is 0 Å². The molecule has 18 heavy (non-hydrogen) atoms. The zero-order chi connectivity index (χ0) is 12.8. The van der Waals surface area contributed by atoms with E-state index in [2.05, 4.69) is 0 Å². The maximum Gasteiger partial charge on any atom is 0.224 e. The molecule has 0 spiro atoms. The summed E-state index contributed by atoms with van der Waals surface area (Å²) in [4.78, 5) is 10.1. The largest absolute Gasteiger partial charge is 0.493 e. The Bertz CT molecular complexity index is 428. The summed E-state index contributed by atoms with van der Waals surface area (Å²) in [7, 11) is 0. The normalized spacial score (nSPS) is 19.1. The minimum absolute atomic E-state index is 0.00768. The molecule has 0 N–H and O–H groups in total. The molecule has 0 aromatic heterocycles. The van der Waals surface area contributed by atoms with Crippen molar-refractivity contribution in [2.75, 3.05) is 13.2 Å². The number of hydrogen-bond donors (Lipinski definition) is 0. The summed E-state index contributed by atoms with van der Waals surface area (Å²) < 4.78 is 5.70. The highest BCUT2D eigenvalue weighted by atomic mass is 16.6. The van der Waals surface area contributed by atoms with Crippen molar-refractivity contribution in [1.29, 1.82) is 0 Å². The van der Waals surface area contributed by atoms with E-state index in [1.54, 1.807) is 0 Å². The Morgan fingerprint density at radius 1 is 1.33 bits per heavy atom. The fourth-order valence-electron chi connectivity index (χ4n) is 2.13. The highest BCUT2D eigenvalue weighted by molar-refractivity contribution is 5.21. The van der Waals surface area contributed by atoms with E-state index in [-0.39, 0.29) is 11.5 Å². The number of hydrogen-bond acceptors (Lipinski definition) is 3. The fraction of sp³-hybridized carbons (Fsp3) is 0.429. The highest BCUT2D eigenvalue weighted by Gasteiger charge is 2.17. The van der Waals surface area contributed by atoms with Crippen LogP contribution in [0.15, 0.2) is 42.0 Å². The molecule has 0 aliphatic heterocycles. The molecule has 1 aromatic carbocycles. The fourth-order valence-corrected chi connectivity index (χ4v) is 2.13. The van der Waals surface area contributed by atoms with Crippen LogP contribution >= 0.6 is 0 Å². The molecule has 0 bridgehead atoms. The Labute approximate surface area is 106 Å². The van der Waals surface area contributed by atoms with Gasteiger partial charge >= 0.3 is 0 Å². The first kappa shape index (κ1) is 12.6. The summed E-state index contributed by atoms with van der Waals surface area (Å²) in [5.74, 6) is 1.36. The van der Waals surface area contributed by atoms with Crippen LogP contribution < -0.4 is 4.74 Å². The minimum atomic E-state index is -0.257. The van der Waals surface area contributed by atoms with Gasteiger partial charge in [-0.2, -0.15) is 0 Å². The van der Waals surface area contributed by atoms with Crippen molar-refractivity contribution in [3.63, 3.8) is 0 Å². The van der Waals surface area contributed by atoms with Crippen molar-refractivity contribution in [3.8, 4) is 5.75 Å². The quantitative estimate of drug-likeness (QED) is 0.456. The number of rotatable bonds is 5. The third kappa shape index (κ3) is 3.87. The zero-order valence-electron chi connectivity index (χ0n) is 10.2. The number of para-hydroxylation sites is 1. The van der Waals surface area contributed by atoms with Gasteiger partial charge in [0.1, 0.15) is 5.75 Å². The van der Waals surface area contributed by atoms with Crippen molar-refractivity contribution in [2.45, 2.75) is 19.3 Å². The van der Waals surface area contributed by atoms with E-state index in [9.17, 15) is 10.1 Å². The van der Waals surface area contributed by atoms with Gasteiger partial charge in [0.2, 0.25) is 6.54 Å². The molecule has 0 heterocycles. The summed E-state index contributed by atoms with van der Waals surface area (Å²) in [6.07, 6.45) is 4.69. The number of nitro groups is 1. The van der Waals surface area contributed by atoms with Gasteiger partial charge in [0.05, 0.1) is 6.61 Å². The van der Waals surface area contributed by atoms with Gasteiger partial charge in [0.25, 0.3) is 0 Å². The molecule has 0 saturated carbocycles. The summed E-state index contributed by atoms with van der Waals surface area (Å²) in [5.41, 5.74) is 0.955. The van der Waals surface area contributed by atoms with Gasteiger partial charge in [-0.05, 0) is 42.9 Å². The second kappa shape index (κ2) is 6.19. The highest BCUT2D eigenvalue weighted by Crippen LogP contribution is 2.24. The molecular weight excluding hydrogens is 230 g/mol. The molecule has 4 nitrogen and oxygen atoms in total. The average molecular weight is 247 g/mol. The summed E-state index contributed by atoms with van der Waals surface area (Å²) in [6.45, 7) is 0.679. The SMILES string of the molecule is O=[N+]([O-])CC1=CCC(COc2ccccc2)CC1. The molecule has 0 radical (unpaired) electrons. The molecule has 2 rings (SSSR count). The van der Waals surface area contributed by atoms with Gasteiger partial charge in [-0.1, -0.05) is 24.3 Å². The lowest BCUT2D eigenvalue weighted by atomic mass is 9.90. The Kier molecular flexibility index (Phi) is 4.34. The van der Waals surface area contributed by atoms with Crippen LogP contribution in [0.1, 0.15) is 19.3 Å². The maximum absolute atomic E-state index is 10.4. The van der Waals surface area contributed by atoms with Gasteiger partial charge in [0, 0.05) is 4.92 Å². The summed E-state index contributed by atoms with van der Waals surface area (Å²) >= 11 is 0. The molecular formula is C14H17NO3. The second-order valence-corrected chi connectivity index (χ2v) is 4.62. The molecule has 0 amide bonds. The molecule has 1 aliphatic rings. The van der Waals surface area contributed by atoms with Crippen LogP contribution in [0.4, 0.5) is 0 Å². The molecule has 1 atom stereocenters. The van der Waals surface area contributed by atoms with Gasteiger partial charge in [-0.25, -0.2) is 0 Å². The number of allylic oxidation sites excluding steroid dienone is 1. The van der Waals surface area contributed by atoms with Crippen molar-refractivity contribution in [3.05, 3.63) is 52.1 Å². The third-order valence-corrected chi connectivity index (χ3v) is 3.17. The van der Waals surface area contributed by atoms with Crippen LogP contribution in [0.5, 0.6) is 5.75 Å². The molecule has 1 aromatic rings. The van der Waals surface area contributed by atoms with E-state index in [1.165, 1.54) is 0 Å². The summed E-state index contributed by atoms with van der Waals surface area (Å²) in [5, 5.41) is 10.4. The lowest BCUT2D eigenvalue weighted by Gasteiger charge is -2.20. The van der Waals surface area contributed by atoms with E-state index < -0.39 is 0 Å². The van der Waals surface area contributed by atoms with E-state index >= 15 is 0 Å². The van der Waals surface area contributed by atoms with Gasteiger partial charge in [-0.15, -0.1) is 0 Å². The topological polar surface area (TPSA) is 52.4 Å². The second-order valence-electron chi connectivity index (χ2n) is 4.62. The monoisotopic (exact) mass is 247 g/mol. The first-order valence-corrected chi connectivity index (χ1v) is 6.21. The van der Waals surface area contributed by atoms with Crippen LogP contribution in [-0.4, -0.2) is 18.1 Å². The van der Waals surface area contributed by atoms with E-state index in [0.717, 1.165) is 30.6 Å². The van der Waals surface area contributed by atoms with Crippen molar-refractivity contribution in [2.24, 2.45) is 5.92 Å². The number of benzene rings is 1. The molecule has 1 unspecified atom stereocenters. The van der Waals surface area contributed by atoms with E-state index in [1.807, 2.05) is 36.4 Å². The Morgan fingerprint density at radius 2 is 2.11 bits per heavy atom. The van der Waals surface area contributed by atoms with E-state index in [0.29, 0.717) is 12.5 Å². The smallest absolute Gasteiger partial charge is 0.224 e. The standard InChI is InChI=1S/C14H17NO3/c16-15(17)10-12-6-8-13(9-7-12)11-18-14-4-2-1-3-5-14/h1-6,13H,7-11H2. The Balaban J connectivity index is 1.77. The predicted molar refractivity (Wildman–Crippen MR) is 69.2 cm³/mol. The van der Waals surface area contributed by atoms with Gasteiger partial charge < -0.3 is 4.74 Å².